The van der Waals surface area contributed by atoms with Gasteiger partial charge in [-0.15, -0.1) is 6.58 Å². The molecule has 0 unspecified atom stereocenters. The Kier molecular flexibility index (Phi) is 26.4. The average Bonchev–Trinajstić information content (AvgIpc) is 2.51. The van der Waals surface area contributed by atoms with E-state index in [9.17, 15) is 4.79 Å². The van der Waals surface area contributed by atoms with E-state index < -0.39 is 0 Å². The molecule has 0 saturated heterocycles. The van der Waals surface area contributed by atoms with Crippen molar-refractivity contribution in [3.63, 3.8) is 0 Å². The van der Waals surface area contributed by atoms with Gasteiger partial charge in [0.2, 0.25) is 0 Å². The average molecular weight is 297 g/mol. The quantitative estimate of drug-likeness (QED) is 0.177. The van der Waals surface area contributed by atoms with Gasteiger partial charge in [-0.1, -0.05) is 90.6 Å². The number of allylic oxidation sites excluding steroid dienone is 1. The Hall–Kier alpha value is -0.590. The zero-order chi connectivity index (χ0) is 16.0. The molecule has 0 aromatic carbocycles. The van der Waals surface area contributed by atoms with Gasteiger partial charge in [0.05, 0.1) is 0 Å². The lowest BCUT2D eigenvalue weighted by Gasteiger charge is -1.98. The SMILES string of the molecule is C=CCCCCCCCCC.CCCCCCCCC=O. The van der Waals surface area contributed by atoms with Gasteiger partial charge in [-0.05, 0) is 19.3 Å². The van der Waals surface area contributed by atoms with E-state index in [0.717, 1.165) is 19.1 Å². The number of carbonyl (C=O) groups is 1. The minimum atomic E-state index is 0.756. The summed E-state index contributed by atoms with van der Waals surface area (Å²) in [5.74, 6) is 0. The van der Waals surface area contributed by atoms with Gasteiger partial charge in [0.25, 0.3) is 0 Å². The zero-order valence-electron chi connectivity index (χ0n) is 14.9. The molecule has 0 radical (unpaired) electrons. The topological polar surface area (TPSA) is 17.1 Å². The maximum absolute atomic E-state index is 9.89. The second-order valence-corrected chi connectivity index (χ2v) is 5.92. The van der Waals surface area contributed by atoms with Gasteiger partial charge in [0, 0.05) is 6.42 Å². The lowest BCUT2D eigenvalue weighted by Crippen LogP contribution is -1.79. The molecule has 0 rings (SSSR count). The van der Waals surface area contributed by atoms with Gasteiger partial charge < -0.3 is 4.79 Å². The maximum atomic E-state index is 9.89. The Labute approximate surface area is 134 Å². The summed E-state index contributed by atoms with van der Waals surface area (Å²) in [6.45, 7) is 8.18. The molecule has 0 aliphatic heterocycles. The molecule has 21 heavy (non-hydrogen) atoms. The first-order valence-electron chi connectivity index (χ1n) is 9.37. The highest BCUT2D eigenvalue weighted by Crippen LogP contribution is 2.08. The Morgan fingerprint density at radius 1 is 0.619 bits per heavy atom. The fraction of sp³-hybridized carbons (Fsp3) is 0.850. The smallest absolute Gasteiger partial charge is 0.119 e. The van der Waals surface area contributed by atoms with Crippen molar-refractivity contribution < 1.29 is 4.79 Å². The Bertz CT molecular complexity index is 186. The molecule has 0 aromatic heterocycles. The molecule has 0 spiro atoms. The van der Waals surface area contributed by atoms with E-state index in [2.05, 4.69) is 20.4 Å². The van der Waals surface area contributed by atoms with E-state index in [0.29, 0.717) is 0 Å². The van der Waals surface area contributed by atoms with Crippen molar-refractivity contribution in [2.75, 3.05) is 0 Å². The lowest BCUT2D eigenvalue weighted by atomic mass is 10.1. The van der Waals surface area contributed by atoms with Crippen molar-refractivity contribution in [3.8, 4) is 0 Å². The summed E-state index contributed by atoms with van der Waals surface area (Å²) in [7, 11) is 0. The van der Waals surface area contributed by atoms with E-state index in [4.69, 9.17) is 0 Å². The highest BCUT2D eigenvalue weighted by Gasteiger charge is 1.88. The Morgan fingerprint density at radius 3 is 1.38 bits per heavy atom. The molecule has 0 bridgehead atoms. The van der Waals surface area contributed by atoms with Crippen molar-refractivity contribution in [2.24, 2.45) is 0 Å². The fourth-order valence-corrected chi connectivity index (χ4v) is 2.25. The summed E-state index contributed by atoms with van der Waals surface area (Å²) >= 11 is 0. The van der Waals surface area contributed by atoms with E-state index in [1.54, 1.807) is 0 Å². The Morgan fingerprint density at radius 2 is 1.00 bits per heavy atom. The van der Waals surface area contributed by atoms with Gasteiger partial charge in [-0.25, -0.2) is 0 Å². The van der Waals surface area contributed by atoms with Crippen molar-refractivity contribution in [1.29, 1.82) is 0 Å². The number of hydrogen-bond donors (Lipinski definition) is 0. The molecule has 0 atom stereocenters. The fourth-order valence-electron chi connectivity index (χ4n) is 2.25. The number of rotatable bonds is 15. The predicted octanol–water partition coefficient (Wildman–Crippen LogP) is 7.25. The van der Waals surface area contributed by atoms with Crippen LogP contribution in [-0.4, -0.2) is 6.29 Å². The highest BCUT2D eigenvalue weighted by atomic mass is 16.1. The van der Waals surface area contributed by atoms with E-state index in [-0.39, 0.29) is 0 Å². The van der Waals surface area contributed by atoms with Crippen LogP contribution in [0, 0.1) is 0 Å². The Balaban J connectivity index is 0. The molecule has 0 aliphatic rings. The first-order chi connectivity index (χ1) is 10.3. The predicted molar refractivity (Wildman–Crippen MR) is 96.9 cm³/mol. The van der Waals surface area contributed by atoms with Gasteiger partial charge in [0.15, 0.2) is 0 Å². The van der Waals surface area contributed by atoms with Crippen LogP contribution in [0.3, 0.4) is 0 Å². The van der Waals surface area contributed by atoms with Crippen LogP contribution in [0.2, 0.25) is 0 Å². The van der Waals surface area contributed by atoms with Crippen molar-refractivity contribution in [1.82, 2.24) is 0 Å². The van der Waals surface area contributed by atoms with Crippen molar-refractivity contribution >= 4 is 6.29 Å². The van der Waals surface area contributed by atoms with Crippen LogP contribution in [0.5, 0.6) is 0 Å². The summed E-state index contributed by atoms with van der Waals surface area (Å²) in [5, 5.41) is 0. The van der Waals surface area contributed by atoms with E-state index in [1.807, 2.05) is 6.08 Å². The molecule has 0 aliphatic carbocycles. The standard InChI is InChI=1S/C11H22.C9H18O/c1-3-5-7-9-11-10-8-6-4-2;1-2-3-4-5-6-7-8-9-10/h3H,1,4-11H2,2H3;9H,2-8H2,1H3. The third-order valence-electron chi connectivity index (χ3n) is 3.69. The molecule has 0 saturated carbocycles. The second-order valence-electron chi connectivity index (χ2n) is 5.92. The van der Waals surface area contributed by atoms with Gasteiger partial charge >= 0.3 is 0 Å². The van der Waals surface area contributed by atoms with Gasteiger partial charge in [-0.2, -0.15) is 0 Å². The third kappa shape index (κ3) is 28.3. The number of carbonyl (C=O) groups excluding carboxylic acids is 1. The molecule has 1 heteroatoms. The van der Waals surface area contributed by atoms with E-state index >= 15 is 0 Å². The van der Waals surface area contributed by atoms with Crippen LogP contribution in [0.4, 0.5) is 0 Å². The van der Waals surface area contributed by atoms with Gasteiger partial charge in [-0.3, -0.25) is 0 Å². The van der Waals surface area contributed by atoms with Crippen molar-refractivity contribution in [2.45, 2.75) is 110 Å². The largest absolute Gasteiger partial charge is 0.303 e. The second kappa shape index (κ2) is 24.4. The number of hydrogen-bond acceptors (Lipinski definition) is 1. The molecule has 126 valence electrons. The third-order valence-corrected chi connectivity index (χ3v) is 3.69. The molecule has 1 nitrogen and oxygen atoms in total. The van der Waals surface area contributed by atoms with Crippen LogP contribution in [0.1, 0.15) is 110 Å². The molecule has 0 heterocycles. The zero-order valence-corrected chi connectivity index (χ0v) is 14.9. The summed E-state index contributed by atoms with van der Waals surface area (Å²) in [6, 6.07) is 0. The monoisotopic (exact) mass is 296 g/mol. The van der Waals surface area contributed by atoms with Crippen LogP contribution in [0.25, 0.3) is 0 Å². The lowest BCUT2D eigenvalue weighted by molar-refractivity contribution is -0.107. The van der Waals surface area contributed by atoms with Crippen LogP contribution < -0.4 is 0 Å². The molecule has 0 amide bonds. The van der Waals surface area contributed by atoms with E-state index in [1.165, 1.54) is 83.5 Å². The minimum Gasteiger partial charge on any atom is -0.303 e. The highest BCUT2D eigenvalue weighted by molar-refractivity contribution is 5.48. The van der Waals surface area contributed by atoms with Gasteiger partial charge in [0.1, 0.15) is 6.29 Å². The first-order valence-corrected chi connectivity index (χ1v) is 9.37. The van der Waals surface area contributed by atoms with Crippen LogP contribution >= 0.6 is 0 Å². The molecule has 0 fully saturated rings. The molecular formula is C20H40O. The maximum Gasteiger partial charge on any atom is 0.119 e. The first kappa shape index (κ1) is 22.7. The summed E-state index contributed by atoms with van der Waals surface area (Å²) < 4.78 is 0. The summed E-state index contributed by atoms with van der Waals surface area (Å²) in [6.07, 6.45) is 22.4. The number of unbranched alkanes of at least 4 members (excludes halogenated alkanes) is 13. The molecule has 0 N–H and O–H groups in total. The summed E-state index contributed by atoms with van der Waals surface area (Å²) in [4.78, 5) is 9.89. The van der Waals surface area contributed by atoms with Crippen molar-refractivity contribution in [3.05, 3.63) is 12.7 Å². The minimum absolute atomic E-state index is 0.756. The summed E-state index contributed by atoms with van der Waals surface area (Å²) in [5.41, 5.74) is 0. The van der Waals surface area contributed by atoms with Crippen LogP contribution in [-0.2, 0) is 4.79 Å². The molecular weight excluding hydrogens is 256 g/mol. The molecule has 0 aromatic rings. The normalized spacial score (nSPS) is 9.81. The number of aldehydes is 1. The van der Waals surface area contributed by atoms with Crippen LogP contribution in [0.15, 0.2) is 12.7 Å².